The lowest BCUT2D eigenvalue weighted by Gasteiger charge is -2.12. The van der Waals surface area contributed by atoms with Gasteiger partial charge in [0.15, 0.2) is 11.6 Å². The van der Waals surface area contributed by atoms with Gasteiger partial charge in [-0.3, -0.25) is 4.57 Å². The minimum Gasteiger partial charge on any atom is -0.308 e. The van der Waals surface area contributed by atoms with Crippen LogP contribution in [0.1, 0.15) is 0 Å². The van der Waals surface area contributed by atoms with Gasteiger partial charge in [0.1, 0.15) is 0 Å². The Morgan fingerprint density at radius 1 is 0.304 bits per heavy atom. The Bertz CT molecular complexity index is 3450. The van der Waals surface area contributed by atoms with E-state index in [0.29, 0.717) is 17.6 Å². The maximum atomic E-state index is 5.30. The van der Waals surface area contributed by atoms with Crippen molar-refractivity contribution in [3.8, 4) is 34.4 Å². The SMILES string of the molecule is c1ccc(-c2nc(-c3ccccc3)nc(-n3c4ccc5c6c7ccccc7c7ccccc7c6n(-c6ccccc6)c5c4c4ccc5ccccc5c43)n2)cc1. The van der Waals surface area contributed by atoms with E-state index in [4.69, 9.17) is 15.0 Å². The number of nitrogens with zero attached hydrogens (tertiary/aromatic N) is 5. The topological polar surface area (TPSA) is 48.5 Å². The third-order valence-electron chi connectivity index (χ3n) is 11.3. The molecule has 56 heavy (non-hydrogen) atoms. The average Bonchev–Trinajstić information content (AvgIpc) is 3.81. The molecule has 0 unspecified atom stereocenters. The van der Waals surface area contributed by atoms with E-state index in [1.807, 2.05) is 36.4 Å². The fourth-order valence-corrected chi connectivity index (χ4v) is 8.96. The number of hydrogen-bond donors (Lipinski definition) is 0. The Morgan fingerprint density at radius 3 is 1.48 bits per heavy atom. The molecule has 0 radical (unpaired) electrons. The van der Waals surface area contributed by atoms with Gasteiger partial charge in [-0.05, 0) is 39.7 Å². The predicted octanol–water partition coefficient (Wildman–Crippen LogP) is 12.9. The van der Waals surface area contributed by atoms with Gasteiger partial charge < -0.3 is 4.57 Å². The Kier molecular flexibility index (Phi) is 6.56. The summed E-state index contributed by atoms with van der Waals surface area (Å²) in [6.07, 6.45) is 0. The van der Waals surface area contributed by atoms with E-state index in [0.717, 1.165) is 54.9 Å². The van der Waals surface area contributed by atoms with Crippen molar-refractivity contribution >= 4 is 75.9 Å². The van der Waals surface area contributed by atoms with Crippen LogP contribution in [0, 0.1) is 0 Å². The second kappa shape index (κ2) is 11.9. The molecular weight excluding hydrogens is 683 g/mol. The maximum Gasteiger partial charge on any atom is 0.238 e. The van der Waals surface area contributed by atoms with Gasteiger partial charge >= 0.3 is 0 Å². The molecule has 0 amide bonds. The van der Waals surface area contributed by atoms with Crippen LogP contribution in [0.5, 0.6) is 0 Å². The zero-order chi connectivity index (χ0) is 36.7. The van der Waals surface area contributed by atoms with Crippen molar-refractivity contribution in [3.63, 3.8) is 0 Å². The molecule has 0 aliphatic carbocycles. The molecule has 0 bridgehead atoms. The summed E-state index contributed by atoms with van der Waals surface area (Å²) >= 11 is 0. The van der Waals surface area contributed by atoms with Gasteiger partial charge in [0.2, 0.25) is 5.95 Å². The van der Waals surface area contributed by atoms with E-state index in [2.05, 4.69) is 161 Å². The van der Waals surface area contributed by atoms with E-state index >= 15 is 0 Å². The molecule has 0 aliphatic rings. The molecule has 3 heterocycles. The third kappa shape index (κ3) is 4.39. The van der Waals surface area contributed by atoms with Gasteiger partial charge in [0, 0.05) is 49.1 Å². The van der Waals surface area contributed by atoms with Crippen LogP contribution in [0.25, 0.3) is 110 Å². The smallest absolute Gasteiger partial charge is 0.238 e. The second-order valence-corrected chi connectivity index (χ2v) is 14.4. The third-order valence-corrected chi connectivity index (χ3v) is 11.3. The molecule has 0 N–H and O–H groups in total. The Morgan fingerprint density at radius 2 is 0.804 bits per heavy atom. The molecule has 0 saturated heterocycles. The quantitative estimate of drug-likeness (QED) is 0.171. The Hall–Kier alpha value is -7.63. The van der Waals surface area contributed by atoms with Gasteiger partial charge in [0.25, 0.3) is 0 Å². The van der Waals surface area contributed by atoms with Crippen LogP contribution in [0.3, 0.4) is 0 Å². The minimum absolute atomic E-state index is 0.576. The highest BCUT2D eigenvalue weighted by molar-refractivity contribution is 6.36. The first-order valence-corrected chi connectivity index (χ1v) is 19.0. The number of rotatable bonds is 4. The second-order valence-electron chi connectivity index (χ2n) is 14.4. The lowest BCUT2D eigenvalue weighted by Crippen LogP contribution is -2.06. The first kappa shape index (κ1) is 30.8. The summed E-state index contributed by atoms with van der Waals surface area (Å²) in [6.45, 7) is 0. The van der Waals surface area contributed by atoms with Gasteiger partial charge in [-0.25, -0.2) is 4.98 Å². The standard InChI is InChI=1S/C51H31N5/c1-4-17-33(18-5-1)49-52-50(34-19-6-2-7-20-34)54-51(53-49)56-43-31-30-41-44-39-26-14-12-24-37(39)38-25-13-15-27-40(38)47(44)55(35-21-8-3-9-22-35)48(41)45(43)42-29-28-32-16-10-11-23-36(32)46(42)56/h1-31H. The van der Waals surface area contributed by atoms with Gasteiger partial charge in [-0.15, -0.1) is 0 Å². The molecule has 260 valence electrons. The molecular formula is C51H31N5. The fourth-order valence-electron chi connectivity index (χ4n) is 8.96. The zero-order valence-corrected chi connectivity index (χ0v) is 30.1. The van der Waals surface area contributed by atoms with E-state index < -0.39 is 0 Å². The van der Waals surface area contributed by atoms with Crippen LogP contribution < -0.4 is 0 Å². The normalized spacial score (nSPS) is 11.9. The molecule has 0 saturated carbocycles. The van der Waals surface area contributed by atoms with Crippen molar-refractivity contribution in [3.05, 3.63) is 188 Å². The molecule has 12 rings (SSSR count). The summed E-state index contributed by atoms with van der Waals surface area (Å²) in [7, 11) is 0. The fraction of sp³-hybridized carbons (Fsp3) is 0. The lowest BCUT2D eigenvalue weighted by molar-refractivity contribution is 0.955. The first-order chi connectivity index (χ1) is 27.8. The first-order valence-electron chi connectivity index (χ1n) is 19.0. The number of fused-ring (bicyclic) bond motifs is 14. The predicted molar refractivity (Wildman–Crippen MR) is 232 cm³/mol. The molecule has 0 fully saturated rings. The van der Waals surface area contributed by atoms with Gasteiger partial charge in [-0.2, -0.15) is 9.97 Å². The Balaban J connectivity index is 1.32. The molecule has 5 heteroatoms. The Labute approximate surface area is 321 Å². The maximum absolute atomic E-state index is 5.30. The van der Waals surface area contributed by atoms with Crippen molar-refractivity contribution in [1.82, 2.24) is 24.1 Å². The highest BCUT2D eigenvalue weighted by Crippen LogP contribution is 2.47. The lowest BCUT2D eigenvalue weighted by atomic mass is 9.96. The monoisotopic (exact) mass is 713 g/mol. The van der Waals surface area contributed by atoms with Crippen molar-refractivity contribution in [2.45, 2.75) is 0 Å². The van der Waals surface area contributed by atoms with Gasteiger partial charge in [-0.1, -0.05) is 170 Å². The summed E-state index contributed by atoms with van der Waals surface area (Å²) < 4.78 is 4.77. The highest BCUT2D eigenvalue weighted by atomic mass is 15.2. The molecule has 0 atom stereocenters. The van der Waals surface area contributed by atoms with Crippen molar-refractivity contribution in [1.29, 1.82) is 0 Å². The van der Waals surface area contributed by atoms with E-state index in [1.54, 1.807) is 0 Å². The van der Waals surface area contributed by atoms with E-state index in [-0.39, 0.29) is 0 Å². The number of benzene rings is 9. The van der Waals surface area contributed by atoms with Crippen molar-refractivity contribution in [2.75, 3.05) is 0 Å². The molecule has 3 aromatic heterocycles. The van der Waals surface area contributed by atoms with Crippen LogP contribution in [0.4, 0.5) is 0 Å². The van der Waals surface area contributed by atoms with Crippen LogP contribution >= 0.6 is 0 Å². The zero-order valence-electron chi connectivity index (χ0n) is 30.1. The summed E-state index contributed by atoms with van der Waals surface area (Å²) in [4.78, 5) is 15.7. The number of aromatic nitrogens is 5. The van der Waals surface area contributed by atoms with E-state index in [9.17, 15) is 0 Å². The summed E-state index contributed by atoms with van der Waals surface area (Å²) in [5.41, 5.74) is 7.43. The van der Waals surface area contributed by atoms with E-state index in [1.165, 1.54) is 37.8 Å². The van der Waals surface area contributed by atoms with Gasteiger partial charge in [0.05, 0.1) is 22.1 Å². The summed E-state index contributed by atoms with van der Waals surface area (Å²) in [5, 5.41) is 12.0. The molecule has 0 aliphatic heterocycles. The van der Waals surface area contributed by atoms with Crippen LogP contribution in [0.2, 0.25) is 0 Å². The molecule has 9 aromatic carbocycles. The van der Waals surface area contributed by atoms with Crippen molar-refractivity contribution < 1.29 is 0 Å². The van der Waals surface area contributed by atoms with Crippen LogP contribution in [0.15, 0.2) is 188 Å². The van der Waals surface area contributed by atoms with Crippen molar-refractivity contribution in [2.24, 2.45) is 0 Å². The van der Waals surface area contributed by atoms with Crippen LogP contribution in [-0.2, 0) is 0 Å². The minimum atomic E-state index is 0.576. The number of para-hydroxylation sites is 1. The molecule has 5 nitrogen and oxygen atoms in total. The van der Waals surface area contributed by atoms with Crippen LogP contribution in [-0.4, -0.2) is 24.1 Å². The largest absolute Gasteiger partial charge is 0.308 e. The molecule has 12 aromatic rings. The highest BCUT2D eigenvalue weighted by Gasteiger charge is 2.26. The number of hydrogen-bond acceptors (Lipinski definition) is 3. The average molecular weight is 714 g/mol. The summed E-state index contributed by atoms with van der Waals surface area (Å²) in [6, 6.07) is 66.6. The summed E-state index contributed by atoms with van der Waals surface area (Å²) in [5.74, 6) is 1.83. The molecule has 0 spiro atoms.